The number of allylic oxidation sites excluding steroid dienone is 2. The van der Waals surface area contributed by atoms with Crippen LogP contribution in [0.1, 0.15) is 40.5 Å². The van der Waals surface area contributed by atoms with Crippen molar-refractivity contribution in [2.45, 2.75) is 51.7 Å². The lowest BCUT2D eigenvalue weighted by Crippen LogP contribution is -2.40. The summed E-state index contributed by atoms with van der Waals surface area (Å²) in [6.45, 7) is 8.11. The molecule has 2 heteroatoms. The predicted molar refractivity (Wildman–Crippen MR) is 58.3 cm³/mol. The van der Waals surface area contributed by atoms with E-state index in [2.05, 4.69) is 6.92 Å². The van der Waals surface area contributed by atoms with Crippen LogP contribution in [0.2, 0.25) is 0 Å². The van der Waals surface area contributed by atoms with Crippen LogP contribution in [0.5, 0.6) is 0 Å². The number of ether oxygens (including phenoxy) is 1. The molecule has 0 radical (unpaired) electrons. The van der Waals surface area contributed by atoms with Crippen LogP contribution in [0.15, 0.2) is 24.0 Å². The maximum absolute atomic E-state index is 9.77. The fourth-order valence-corrected chi connectivity index (χ4v) is 1.51. The van der Waals surface area contributed by atoms with E-state index >= 15 is 0 Å². The molecule has 14 heavy (non-hydrogen) atoms. The average molecular weight is 196 g/mol. The Morgan fingerprint density at radius 1 is 1.57 bits per heavy atom. The quantitative estimate of drug-likeness (QED) is 0.750. The summed E-state index contributed by atoms with van der Waals surface area (Å²) in [6, 6.07) is 0. The highest BCUT2D eigenvalue weighted by atomic mass is 16.5. The summed E-state index contributed by atoms with van der Waals surface area (Å²) in [4.78, 5) is 0. The molecule has 1 unspecified atom stereocenters. The van der Waals surface area contributed by atoms with Crippen LogP contribution in [0.4, 0.5) is 0 Å². The second-order valence-electron chi connectivity index (χ2n) is 4.63. The molecule has 0 saturated carbocycles. The number of hydrogen-bond donors (Lipinski definition) is 1. The zero-order valence-electron chi connectivity index (χ0n) is 9.50. The van der Waals surface area contributed by atoms with Gasteiger partial charge in [-0.3, -0.25) is 0 Å². The van der Waals surface area contributed by atoms with Crippen LogP contribution in [0, 0.1) is 0 Å². The van der Waals surface area contributed by atoms with Gasteiger partial charge in [-0.25, -0.2) is 0 Å². The van der Waals surface area contributed by atoms with Gasteiger partial charge in [0.1, 0.15) is 11.4 Å². The van der Waals surface area contributed by atoms with Gasteiger partial charge in [-0.1, -0.05) is 19.1 Å². The molecule has 1 rings (SSSR count). The lowest BCUT2D eigenvalue weighted by atomic mass is 9.93. The maximum Gasteiger partial charge on any atom is 0.126 e. The molecule has 1 aliphatic rings. The van der Waals surface area contributed by atoms with Crippen molar-refractivity contribution in [3.8, 4) is 0 Å². The largest absolute Gasteiger partial charge is 0.509 e. The van der Waals surface area contributed by atoms with E-state index in [9.17, 15) is 5.11 Å². The smallest absolute Gasteiger partial charge is 0.126 e. The van der Waals surface area contributed by atoms with Crippen LogP contribution in [-0.4, -0.2) is 16.3 Å². The minimum atomic E-state index is -0.547. The zero-order valence-corrected chi connectivity index (χ0v) is 9.50. The summed E-state index contributed by atoms with van der Waals surface area (Å²) < 4.78 is 5.96. The molecule has 80 valence electrons. The van der Waals surface area contributed by atoms with E-state index in [0.29, 0.717) is 5.76 Å². The van der Waals surface area contributed by atoms with Crippen LogP contribution in [0.25, 0.3) is 0 Å². The Labute approximate surface area is 86.3 Å². The third kappa shape index (κ3) is 2.38. The van der Waals surface area contributed by atoms with E-state index in [4.69, 9.17) is 4.74 Å². The first-order valence-electron chi connectivity index (χ1n) is 5.16. The fraction of sp³-hybridized carbons (Fsp3) is 0.667. The number of hydrogen-bond acceptors (Lipinski definition) is 2. The Bertz CT molecular complexity index is 263. The molecule has 0 amide bonds. The van der Waals surface area contributed by atoms with Gasteiger partial charge in [-0.2, -0.15) is 0 Å². The topological polar surface area (TPSA) is 29.5 Å². The summed E-state index contributed by atoms with van der Waals surface area (Å²) in [5.41, 5.74) is -0.740. The van der Waals surface area contributed by atoms with Crippen LogP contribution < -0.4 is 0 Å². The van der Waals surface area contributed by atoms with Gasteiger partial charge in [0.2, 0.25) is 0 Å². The van der Waals surface area contributed by atoms with Gasteiger partial charge in [0.05, 0.1) is 5.60 Å². The SMILES string of the molecule is CCC(C)(C)OC1(C)CC=CC=C1O. The molecule has 0 aromatic carbocycles. The molecule has 0 heterocycles. The third-order valence-corrected chi connectivity index (χ3v) is 2.79. The molecule has 0 fully saturated rings. The first-order valence-corrected chi connectivity index (χ1v) is 5.16. The third-order valence-electron chi connectivity index (χ3n) is 2.79. The van der Waals surface area contributed by atoms with Gasteiger partial charge in [0.15, 0.2) is 0 Å². The molecule has 0 spiro atoms. The van der Waals surface area contributed by atoms with Crippen molar-refractivity contribution in [3.63, 3.8) is 0 Å². The zero-order chi connectivity index (χ0) is 10.8. The number of aliphatic hydroxyl groups excluding tert-OH is 1. The minimum Gasteiger partial charge on any atom is -0.509 e. The van der Waals surface area contributed by atoms with Crippen LogP contribution in [-0.2, 0) is 4.74 Å². The second-order valence-corrected chi connectivity index (χ2v) is 4.63. The molecule has 1 N–H and O–H groups in total. The van der Waals surface area contributed by atoms with Gasteiger partial charge >= 0.3 is 0 Å². The summed E-state index contributed by atoms with van der Waals surface area (Å²) in [6.07, 6.45) is 7.25. The van der Waals surface area contributed by atoms with Crippen molar-refractivity contribution in [1.82, 2.24) is 0 Å². The van der Waals surface area contributed by atoms with E-state index in [0.717, 1.165) is 12.8 Å². The Kier molecular flexibility index (Phi) is 3.05. The Morgan fingerprint density at radius 3 is 2.71 bits per heavy atom. The molecule has 1 aliphatic carbocycles. The molecular formula is C12H20O2. The fourth-order valence-electron chi connectivity index (χ4n) is 1.51. The number of aliphatic hydroxyl groups is 1. The summed E-state index contributed by atoms with van der Waals surface area (Å²) >= 11 is 0. The Hall–Kier alpha value is -0.760. The van der Waals surface area contributed by atoms with Gasteiger partial charge in [-0.05, 0) is 33.3 Å². The summed E-state index contributed by atoms with van der Waals surface area (Å²) in [5.74, 6) is 0.321. The van der Waals surface area contributed by atoms with Crippen molar-refractivity contribution in [2.75, 3.05) is 0 Å². The predicted octanol–water partition coefficient (Wildman–Crippen LogP) is 3.35. The van der Waals surface area contributed by atoms with E-state index in [1.807, 2.05) is 32.9 Å². The van der Waals surface area contributed by atoms with Crippen molar-refractivity contribution in [1.29, 1.82) is 0 Å². The molecule has 1 atom stereocenters. The molecule has 0 aromatic heterocycles. The second kappa shape index (κ2) is 3.77. The molecule has 0 bridgehead atoms. The Morgan fingerprint density at radius 2 is 2.21 bits per heavy atom. The minimum absolute atomic E-state index is 0.193. The molecular weight excluding hydrogens is 176 g/mol. The van der Waals surface area contributed by atoms with Crippen molar-refractivity contribution in [3.05, 3.63) is 24.0 Å². The Balaban J connectivity index is 2.77. The molecule has 2 nitrogen and oxygen atoms in total. The molecule has 0 aromatic rings. The maximum atomic E-state index is 9.77. The van der Waals surface area contributed by atoms with Crippen molar-refractivity contribution in [2.24, 2.45) is 0 Å². The highest BCUT2D eigenvalue weighted by Crippen LogP contribution is 2.33. The van der Waals surface area contributed by atoms with Gasteiger partial charge in [-0.15, -0.1) is 0 Å². The van der Waals surface area contributed by atoms with E-state index in [1.165, 1.54) is 0 Å². The summed E-state index contributed by atoms with van der Waals surface area (Å²) in [7, 11) is 0. The average Bonchev–Trinajstić information content (AvgIpc) is 2.10. The van der Waals surface area contributed by atoms with E-state index in [1.54, 1.807) is 6.08 Å². The normalized spacial score (nSPS) is 27.6. The monoisotopic (exact) mass is 196 g/mol. The van der Waals surface area contributed by atoms with Gasteiger partial charge < -0.3 is 9.84 Å². The first kappa shape index (κ1) is 11.3. The standard InChI is InChI=1S/C12H20O2/c1-5-11(2,3)14-12(4)9-7-6-8-10(12)13/h6-8,13H,5,9H2,1-4H3. The van der Waals surface area contributed by atoms with Crippen LogP contribution >= 0.6 is 0 Å². The first-order chi connectivity index (χ1) is 6.40. The highest BCUT2D eigenvalue weighted by Gasteiger charge is 2.35. The van der Waals surface area contributed by atoms with E-state index < -0.39 is 5.60 Å². The van der Waals surface area contributed by atoms with Crippen molar-refractivity contribution >= 4 is 0 Å². The number of rotatable bonds is 3. The van der Waals surface area contributed by atoms with Gasteiger partial charge in [0.25, 0.3) is 0 Å². The van der Waals surface area contributed by atoms with Gasteiger partial charge in [0, 0.05) is 6.42 Å². The summed E-state index contributed by atoms with van der Waals surface area (Å²) in [5, 5.41) is 9.77. The van der Waals surface area contributed by atoms with E-state index in [-0.39, 0.29) is 5.60 Å². The highest BCUT2D eigenvalue weighted by molar-refractivity contribution is 5.22. The lowest BCUT2D eigenvalue weighted by molar-refractivity contribution is -0.127. The van der Waals surface area contributed by atoms with Crippen LogP contribution in [0.3, 0.4) is 0 Å². The molecule has 0 aliphatic heterocycles. The van der Waals surface area contributed by atoms with Crippen molar-refractivity contribution < 1.29 is 9.84 Å². The molecule has 0 saturated heterocycles. The lowest BCUT2D eigenvalue weighted by Gasteiger charge is -2.38.